The predicted molar refractivity (Wildman–Crippen MR) is 81.6 cm³/mol. The minimum atomic E-state index is -0.143. The Bertz CT molecular complexity index is 478. The van der Waals surface area contributed by atoms with Gasteiger partial charge in [-0.3, -0.25) is 9.69 Å². The fourth-order valence-electron chi connectivity index (χ4n) is 2.96. The lowest BCUT2D eigenvalue weighted by atomic mass is 9.95. The Labute approximate surface area is 125 Å². The first-order valence-electron chi connectivity index (χ1n) is 7.09. The van der Waals surface area contributed by atoms with E-state index in [1.165, 1.54) is 0 Å². The van der Waals surface area contributed by atoms with Crippen LogP contribution in [0.1, 0.15) is 31.9 Å². The van der Waals surface area contributed by atoms with Gasteiger partial charge < -0.3 is 11.1 Å². The van der Waals surface area contributed by atoms with Crippen LogP contribution in [0.2, 0.25) is 5.02 Å². The fraction of sp³-hybridized carbons (Fsp3) is 0.533. The number of hydrogen-bond donors (Lipinski definition) is 2. The number of amides is 1. The molecule has 110 valence electrons. The van der Waals surface area contributed by atoms with Gasteiger partial charge in [0, 0.05) is 24.2 Å². The van der Waals surface area contributed by atoms with Crippen molar-refractivity contribution in [3.05, 3.63) is 34.9 Å². The molecule has 1 aromatic carbocycles. The Hall–Kier alpha value is -1.10. The zero-order chi connectivity index (χ0) is 14.7. The highest BCUT2D eigenvalue weighted by molar-refractivity contribution is 6.31. The van der Waals surface area contributed by atoms with Crippen molar-refractivity contribution in [3.63, 3.8) is 0 Å². The minimum Gasteiger partial charge on any atom is -0.353 e. The number of nitrogens with one attached hydrogen (secondary N) is 1. The van der Waals surface area contributed by atoms with Crippen molar-refractivity contribution < 1.29 is 4.79 Å². The summed E-state index contributed by atoms with van der Waals surface area (Å²) in [6, 6.07) is 7.45. The van der Waals surface area contributed by atoms with Gasteiger partial charge in [-0.15, -0.1) is 0 Å². The SMILES string of the molecule is CCC1C(=O)NCCN1C(c1ccccc1Cl)C(C)N. The van der Waals surface area contributed by atoms with Crippen LogP contribution in [-0.2, 0) is 4.79 Å². The number of nitrogens with two attached hydrogens (primary N) is 1. The van der Waals surface area contributed by atoms with E-state index in [4.69, 9.17) is 17.3 Å². The normalized spacial score (nSPS) is 23.2. The highest BCUT2D eigenvalue weighted by Crippen LogP contribution is 2.32. The highest BCUT2D eigenvalue weighted by atomic mass is 35.5. The van der Waals surface area contributed by atoms with Gasteiger partial charge in [-0.2, -0.15) is 0 Å². The molecule has 1 aliphatic rings. The van der Waals surface area contributed by atoms with Crippen LogP contribution in [0.15, 0.2) is 24.3 Å². The van der Waals surface area contributed by atoms with E-state index < -0.39 is 0 Å². The summed E-state index contributed by atoms with van der Waals surface area (Å²) >= 11 is 6.33. The third-order valence-corrected chi connectivity index (χ3v) is 4.18. The Morgan fingerprint density at radius 2 is 2.20 bits per heavy atom. The molecule has 1 amide bonds. The maximum Gasteiger partial charge on any atom is 0.237 e. The molecular formula is C15H22ClN3O. The Balaban J connectivity index is 2.38. The first-order valence-corrected chi connectivity index (χ1v) is 7.47. The molecule has 0 saturated carbocycles. The Kier molecular flexibility index (Phi) is 5.02. The average molecular weight is 296 g/mol. The molecule has 5 heteroatoms. The molecule has 1 saturated heterocycles. The summed E-state index contributed by atoms with van der Waals surface area (Å²) in [5.41, 5.74) is 7.20. The van der Waals surface area contributed by atoms with Crippen molar-refractivity contribution in [2.24, 2.45) is 5.73 Å². The van der Waals surface area contributed by atoms with Crippen LogP contribution in [-0.4, -0.2) is 36.0 Å². The number of carbonyl (C=O) groups is 1. The molecule has 3 atom stereocenters. The van der Waals surface area contributed by atoms with Crippen molar-refractivity contribution in [1.29, 1.82) is 0 Å². The minimum absolute atomic E-state index is 0.0419. The lowest BCUT2D eigenvalue weighted by Gasteiger charge is -2.42. The van der Waals surface area contributed by atoms with E-state index >= 15 is 0 Å². The van der Waals surface area contributed by atoms with E-state index in [-0.39, 0.29) is 24.0 Å². The van der Waals surface area contributed by atoms with Gasteiger partial charge in [0.2, 0.25) is 5.91 Å². The highest BCUT2D eigenvalue weighted by Gasteiger charge is 2.36. The van der Waals surface area contributed by atoms with Crippen molar-refractivity contribution in [2.45, 2.75) is 38.4 Å². The van der Waals surface area contributed by atoms with E-state index in [9.17, 15) is 4.79 Å². The van der Waals surface area contributed by atoms with E-state index in [2.05, 4.69) is 10.2 Å². The maximum absolute atomic E-state index is 12.1. The van der Waals surface area contributed by atoms with Crippen LogP contribution in [0, 0.1) is 0 Å². The van der Waals surface area contributed by atoms with Crippen molar-refractivity contribution in [3.8, 4) is 0 Å². The number of benzene rings is 1. The molecule has 20 heavy (non-hydrogen) atoms. The summed E-state index contributed by atoms with van der Waals surface area (Å²) in [6.07, 6.45) is 0.763. The zero-order valence-corrected chi connectivity index (χ0v) is 12.7. The lowest BCUT2D eigenvalue weighted by molar-refractivity contribution is -0.130. The van der Waals surface area contributed by atoms with Crippen LogP contribution in [0.3, 0.4) is 0 Å². The van der Waals surface area contributed by atoms with E-state index in [0.29, 0.717) is 11.6 Å². The van der Waals surface area contributed by atoms with Crippen LogP contribution >= 0.6 is 11.6 Å². The summed E-state index contributed by atoms with van der Waals surface area (Å²) < 4.78 is 0. The molecule has 4 nitrogen and oxygen atoms in total. The van der Waals surface area contributed by atoms with Crippen LogP contribution in [0.4, 0.5) is 0 Å². The van der Waals surface area contributed by atoms with Gasteiger partial charge >= 0.3 is 0 Å². The third-order valence-electron chi connectivity index (χ3n) is 3.84. The molecule has 3 unspecified atom stereocenters. The zero-order valence-electron chi connectivity index (χ0n) is 12.0. The monoisotopic (exact) mass is 295 g/mol. The summed E-state index contributed by atoms with van der Waals surface area (Å²) in [7, 11) is 0. The topological polar surface area (TPSA) is 58.4 Å². The number of piperazine rings is 1. The van der Waals surface area contributed by atoms with Crippen LogP contribution in [0.25, 0.3) is 0 Å². The molecule has 3 N–H and O–H groups in total. The lowest BCUT2D eigenvalue weighted by Crippen LogP contribution is -2.58. The number of rotatable bonds is 4. The Morgan fingerprint density at radius 3 is 2.80 bits per heavy atom. The first kappa shape index (κ1) is 15.3. The molecule has 0 aliphatic carbocycles. The van der Waals surface area contributed by atoms with Gasteiger partial charge in [-0.05, 0) is 25.0 Å². The third kappa shape index (κ3) is 2.97. The van der Waals surface area contributed by atoms with Crippen molar-refractivity contribution in [2.75, 3.05) is 13.1 Å². The van der Waals surface area contributed by atoms with E-state index in [1.807, 2.05) is 38.1 Å². The maximum atomic E-state index is 12.1. The van der Waals surface area contributed by atoms with Gasteiger partial charge in [0.15, 0.2) is 0 Å². The van der Waals surface area contributed by atoms with Gasteiger partial charge in [0.25, 0.3) is 0 Å². The standard InChI is InChI=1S/C15H22ClN3O/c1-3-13-15(20)18-8-9-19(13)14(10(2)17)11-6-4-5-7-12(11)16/h4-7,10,13-14H,3,8-9,17H2,1-2H3,(H,18,20). The average Bonchev–Trinajstić information content (AvgIpc) is 2.41. The second-order valence-electron chi connectivity index (χ2n) is 5.28. The molecule has 0 aromatic heterocycles. The van der Waals surface area contributed by atoms with Crippen LogP contribution in [0.5, 0.6) is 0 Å². The van der Waals surface area contributed by atoms with Gasteiger partial charge in [0.05, 0.1) is 12.1 Å². The largest absolute Gasteiger partial charge is 0.353 e. The molecule has 1 aliphatic heterocycles. The summed E-state index contributed by atoms with van der Waals surface area (Å²) in [5, 5.41) is 3.62. The molecule has 2 rings (SSSR count). The fourth-order valence-corrected chi connectivity index (χ4v) is 3.21. The van der Waals surface area contributed by atoms with E-state index in [1.54, 1.807) is 0 Å². The van der Waals surface area contributed by atoms with E-state index in [0.717, 1.165) is 18.5 Å². The molecule has 1 fully saturated rings. The van der Waals surface area contributed by atoms with Gasteiger partial charge in [-0.1, -0.05) is 36.7 Å². The number of nitrogens with zero attached hydrogens (tertiary/aromatic N) is 1. The molecule has 1 heterocycles. The van der Waals surface area contributed by atoms with Crippen molar-refractivity contribution >= 4 is 17.5 Å². The van der Waals surface area contributed by atoms with Gasteiger partial charge in [-0.25, -0.2) is 0 Å². The number of hydrogen-bond acceptors (Lipinski definition) is 3. The second-order valence-corrected chi connectivity index (χ2v) is 5.69. The molecule has 0 radical (unpaired) electrons. The Morgan fingerprint density at radius 1 is 1.50 bits per heavy atom. The summed E-state index contributed by atoms with van der Waals surface area (Å²) in [5.74, 6) is 0.0800. The number of halogens is 1. The number of carbonyl (C=O) groups excluding carboxylic acids is 1. The first-order chi connectivity index (χ1) is 9.56. The van der Waals surface area contributed by atoms with Crippen molar-refractivity contribution in [1.82, 2.24) is 10.2 Å². The molecule has 1 aromatic rings. The quantitative estimate of drug-likeness (QED) is 0.892. The summed E-state index contributed by atoms with van der Waals surface area (Å²) in [4.78, 5) is 14.2. The molecule has 0 bridgehead atoms. The summed E-state index contributed by atoms with van der Waals surface area (Å²) in [6.45, 7) is 5.44. The second kappa shape index (κ2) is 6.57. The predicted octanol–water partition coefficient (Wildman–Crippen LogP) is 1.94. The smallest absolute Gasteiger partial charge is 0.237 e. The van der Waals surface area contributed by atoms with Gasteiger partial charge in [0.1, 0.15) is 0 Å². The van der Waals surface area contributed by atoms with Crippen LogP contribution < -0.4 is 11.1 Å². The molecular weight excluding hydrogens is 274 g/mol. The molecule has 0 spiro atoms.